The van der Waals surface area contributed by atoms with Crippen LogP contribution in [0.1, 0.15) is 28.9 Å². The number of likely N-dealkylation sites (tertiary alicyclic amines) is 1. The smallest absolute Gasteiger partial charge is 0.272 e. The van der Waals surface area contributed by atoms with E-state index in [1.165, 1.54) is 0 Å². The Bertz CT molecular complexity index is 731. The van der Waals surface area contributed by atoms with Gasteiger partial charge in [0.15, 0.2) is 0 Å². The van der Waals surface area contributed by atoms with E-state index in [-0.39, 0.29) is 12.0 Å². The molecular formula is C20H22N2O2. The van der Waals surface area contributed by atoms with Gasteiger partial charge in [-0.25, -0.2) is 0 Å². The zero-order valence-electron chi connectivity index (χ0n) is 13.9. The second-order valence-electron chi connectivity index (χ2n) is 6.85. The Balaban J connectivity index is 1.46. The van der Waals surface area contributed by atoms with Crippen molar-refractivity contribution in [2.45, 2.75) is 25.9 Å². The molecule has 124 valence electrons. The minimum atomic E-state index is 0.0564. The van der Waals surface area contributed by atoms with Crippen LogP contribution in [0, 0.1) is 18.8 Å². The predicted octanol–water partition coefficient (Wildman–Crippen LogP) is 3.32. The first-order chi connectivity index (χ1) is 11.7. The van der Waals surface area contributed by atoms with E-state index in [0.717, 1.165) is 37.2 Å². The van der Waals surface area contributed by atoms with Crippen molar-refractivity contribution in [3.05, 3.63) is 59.9 Å². The minimum absolute atomic E-state index is 0.0564. The summed E-state index contributed by atoms with van der Waals surface area (Å²) in [5.41, 5.74) is 1.52. The molecule has 0 N–H and O–H groups in total. The third-order valence-electron chi connectivity index (χ3n) is 5.32. The molecule has 0 radical (unpaired) electrons. The van der Waals surface area contributed by atoms with Gasteiger partial charge in [-0.3, -0.25) is 9.78 Å². The number of rotatable bonds is 3. The molecular weight excluding hydrogens is 300 g/mol. The third kappa shape index (κ3) is 2.77. The van der Waals surface area contributed by atoms with Crippen molar-refractivity contribution in [2.75, 3.05) is 13.1 Å². The molecule has 2 aromatic rings. The molecule has 1 aromatic carbocycles. The maximum absolute atomic E-state index is 12.8. The van der Waals surface area contributed by atoms with Gasteiger partial charge in [0.2, 0.25) is 0 Å². The monoisotopic (exact) mass is 322 g/mol. The summed E-state index contributed by atoms with van der Waals surface area (Å²) in [5, 5.41) is 0. The highest BCUT2D eigenvalue weighted by molar-refractivity contribution is 5.93. The highest BCUT2D eigenvalue weighted by Crippen LogP contribution is 2.40. The first-order valence-corrected chi connectivity index (χ1v) is 8.65. The number of hydrogen-bond donors (Lipinski definition) is 0. The molecule has 2 heterocycles. The summed E-state index contributed by atoms with van der Waals surface area (Å²) < 4.78 is 6.19. The maximum atomic E-state index is 12.8. The lowest BCUT2D eigenvalue weighted by Crippen LogP contribution is -2.33. The van der Waals surface area contributed by atoms with Crippen molar-refractivity contribution in [2.24, 2.45) is 11.8 Å². The van der Waals surface area contributed by atoms with E-state index in [9.17, 15) is 4.79 Å². The highest BCUT2D eigenvalue weighted by atomic mass is 16.5. The summed E-state index contributed by atoms with van der Waals surface area (Å²) in [6.45, 7) is 3.55. The fourth-order valence-electron chi connectivity index (χ4n) is 4.06. The minimum Gasteiger partial charge on any atom is -0.490 e. The van der Waals surface area contributed by atoms with Gasteiger partial charge in [0.25, 0.3) is 5.91 Å². The molecule has 0 spiro atoms. The van der Waals surface area contributed by atoms with E-state index >= 15 is 0 Å². The molecule has 1 amide bonds. The number of fused-ring (bicyclic) bond motifs is 1. The summed E-state index contributed by atoms with van der Waals surface area (Å²) in [6, 6.07) is 13.8. The van der Waals surface area contributed by atoms with Crippen molar-refractivity contribution < 1.29 is 9.53 Å². The molecule has 4 nitrogen and oxygen atoms in total. The Morgan fingerprint density at radius 1 is 1.12 bits per heavy atom. The Hall–Kier alpha value is -2.36. The molecule has 2 fully saturated rings. The fourth-order valence-corrected chi connectivity index (χ4v) is 4.06. The van der Waals surface area contributed by atoms with Crippen molar-refractivity contribution in [1.29, 1.82) is 0 Å². The van der Waals surface area contributed by atoms with Crippen molar-refractivity contribution in [3.8, 4) is 5.75 Å². The molecule has 4 heteroatoms. The van der Waals surface area contributed by atoms with Crippen molar-refractivity contribution >= 4 is 5.91 Å². The molecule has 1 aromatic heterocycles. The molecule has 1 aliphatic carbocycles. The van der Waals surface area contributed by atoms with E-state index in [1.807, 2.05) is 54.3 Å². The van der Waals surface area contributed by atoms with Crippen LogP contribution in [0.25, 0.3) is 0 Å². The Morgan fingerprint density at radius 2 is 1.96 bits per heavy atom. The number of benzene rings is 1. The van der Waals surface area contributed by atoms with Gasteiger partial charge in [-0.2, -0.15) is 0 Å². The van der Waals surface area contributed by atoms with E-state index in [4.69, 9.17) is 4.74 Å². The van der Waals surface area contributed by atoms with Crippen LogP contribution < -0.4 is 4.74 Å². The number of aryl methyl sites for hydroxylation is 1. The van der Waals surface area contributed by atoms with Gasteiger partial charge in [0, 0.05) is 25.2 Å². The van der Waals surface area contributed by atoms with E-state index in [1.54, 1.807) is 6.20 Å². The molecule has 1 saturated heterocycles. The van der Waals surface area contributed by atoms with Crippen LogP contribution in [0.5, 0.6) is 5.75 Å². The van der Waals surface area contributed by atoms with Crippen LogP contribution in [0.15, 0.2) is 48.7 Å². The van der Waals surface area contributed by atoms with Crippen molar-refractivity contribution in [1.82, 2.24) is 9.88 Å². The van der Waals surface area contributed by atoms with Crippen LogP contribution in [0.3, 0.4) is 0 Å². The van der Waals surface area contributed by atoms with Crippen LogP contribution in [-0.4, -0.2) is 35.0 Å². The van der Waals surface area contributed by atoms with E-state index in [0.29, 0.717) is 17.5 Å². The van der Waals surface area contributed by atoms with Gasteiger partial charge in [-0.1, -0.05) is 24.3 Å². The second kappa shape index (κ2) is 6.27. The first-order valence-electron chi connectivity index (χ1n) is 8.65. The maximum Gasteiger partial charge on any atom is 0.272 e. The van der Waals surface area contributed by atoms with Crippen LogP contribution in [-0.2, 0) is 0 Å². The summed E-state index contributed by atoms with van der Waals surface area (Å²) in [4.78, 5) is 19.0. The summed E-state index contributed by atoms with van der Waals surface area (Å²) in [5.74, 6) is 1.96. The molecule has 0 bridgehead atoms. The number of pyridine rings is 1. The number of carbonyl (C=O) groups is 1. The number of carbonyl (C=O) groups excluding carboxylic acids is 1. The number of aromatic nitrogens is 1. The normalized spacial score (nSPS) is 25.5. The number of amides is 1. The number of nitrogens with zero attached hydrogens (tertiary/aromatic N) is 2. The predicted molar refractivity (Wildman–Crippen MR) is 91.9 cm³/mol. The topological polar surface area (TPSA) is 42.4 Å². The van der Waals surface area contributed by atoms with Gasteiger partial charge in [0.1, 0.15) is 17.5 Å². The standard InChI is InChI=1S/C20H22N2O2/c1-14-6-5-11-21-19(14)20(23)22-12-15-9-10-18(17(15)13-22)24-16-7-3-2-4-8-16/h2-8,11,15,17-18H,9-10,12-13H2,1H3/t15-,17+,18-/m0/s1. The first kappa shape index (κ1) is 15.2. The summed E-state index contributed by atoms with van der Waals surface area (Å²) >= 11 is 0. The number of para-hydroxylation sites is 1. The fraction of sp³-hybridized carbons (Fsp3) is 0.400. The second-order valence-corrected chi connectivity index (χ2v) is 6.85. The van der Waals surface area contributed by atoms with E-state index < -0.39 is 0 Å². The quantitative estimate of drug-likeness (QED) is 0.870. The zero-order valence-corrected chi connectivity index (χ0v) is 13.9. The largest absolute Gasteiger partial charge is 0.490 e. The number of hydrogen-bond acceptors (Lipinski definition) is 3. The average molecular weight is 322 g/mol. The Labute approximate surface area is 142 Å². The van der Waals surface area contributed by atoms with Gasteiger partial charge in [-0.05, 0) is 49.4 Å². The third-order valence-corrected chi connectivity index (χ3v) is 5.32. The zero-order chi connectivity index (χ0) is 16.5. The molecule has 1 saturated carbocycles. The van der Waals surface area contributed by atoms with E-state index in [2.05, 4.69) is 4.98 Å². The summed E-state index contributed by atoms with van der Waals surface area (Å²) in [7, 11) is 0. The molecule has 3 atom stereocenters. The summed E-state index contributed by atoms with van der Waals surface area (Å²) in [6.07, 6.45) is 4.11. The molecule has 4 rings (SSSR count). The number of ether oxygens (including phenoxy) is 1. The van der Waals surface area contributed by atoms with Crippen LogP contribution in [0.2, 0.25) is 0 Å². The van der Waals surface area contributed by atoms with Gasteiger partial charge in [-0.15, -0.1) is 0 Å². The van der Waals surface area contributed by atoms with Crippen molar-refractivity contribution in [3.63, 3.8) is 0 Å². The lowest BCUT2D eigenvalue weighted by Gasteiger charge is -2.22. The van der Waals surface area contributed by atoms with Gasteiger partial charge < -0.3 is 9.64 Å². The average Bonchev–Trinajstić information content (AvgIpc) is 3.18. The van der Waals surface area contributed by atoms with Gasteiger partial charge in [0.05, 0.1) is 0 Å². The molecule has 2 aliphatic rings. The Kier molecular flexibility index (Phi) is 3.97. The molecule has 24 heavy (non-hydrogen) atoms. The lowest BCUT2D eigenvalue weighted by atomic mass is 9.99. The van der Waals surface area contributed by atoms with Crippen LogP contribution >= 0.6 is 0 Å². The van der Waals surface area contributed by atoms with Crippen LogP contribution in [0.4, 0.5) is 0 Å². The SMILES string of the molecule is Cc1cccnc1C(=O)N1C[C@@H]2CC[C@H](Oc3ccccc3)[C@@H]2C1. The lowest BCUT2D eigenvalue weighted by molar-refractivity contribution is 0.0756. The highest BCUT2D eigenvalue weighted by Gasteiger charge is 2.45. The van der Waals surface area contributed by atoms with Gasteiger partial charge >= 0.3 is 0 Å². The Morgan fingerprint density at radius 3 is 2.75 bits per heavy atom. The molecule has 1 aliphatic heterocycles. The molecule has 0 unspecified atom stereocenters.